The number of anilines is 1. The van der Waals surface area contributed by atoms with Crippen molar-refractivity contribution in [3.8, 4) is 0 Å². The average molecular weight is 535 g/mol. The molecule has 0 aromatic heterocycles. The Morgan fingerprint density at radius 2 is 1.67 bits per heavy atom. The van der Waals surface area contributed by atoms with E-state index in [1.807, 2.05) is 12.1 Å². The van der Waals surface area contributed by atoms with Crippen LogP contribution in [0.5, 0.6) is 0 Å². The first-order chi connectivity index (χ1) is 17.1. The molecule has 0 saturated carbocycles. The number of carbonyl (C=O) groups is 2. The lowest BCUT2D eigenvalue weighted by atomic mass is 9.96. The van der Waals surface area contributed by atoms with E-state index in [0.717, 1.165) is 23.2 Å². The smallest absolute Gasteiger partial charge is 0.245 e. The van der Waals surface area contributed by atoms with E-state index in [-0.39, 0.29) is 24.3 Å². The number of hydrogen-bond acceptors (Lipinski definition) is 5. The second kappa shape index (κ2) is 12.8. The van der Waals surface area contributed by atoms with Crippen LogP contribution >= 0.6 is 23.2 Å². The molecule has 36 heavy (non-hydrogen) atoms. The van der Waals surface area contributed by atoms with Gasteiger partial charge >= 0.3 is 0 Å². The maximum absolute atomic E-state index is 13.5. The molecule has 0 bridgehead atoms. The molecule has 1 fully saturated rings. The number of hydrogen-bond donors (Lipinski definition) is 3. The van der Waals surface area contributed by atoms with Gasteiger partial charge in [0.15, 0.2) is 0 Å². The summed E-state index contributed by atoms with van der Waals surface area (Å²) in [6.07, 6.45) is 1.16. The summed E-state index contributed by atoms with van der Waals surface area (Å²) in [5, 5.41) is 3.78. The highest BCUT2D eigenvalue weighted by Crippen LogP contribution is 2.30. The van der Waals surface area contributed by atoms with Crippen LogP contribution in [-0.4, -0.2) is 55.0 Å². The van der Waals surface area contributed by atoms with Crippen LogP contribution in [-0.2, 0) is 16.0 Å². The van der Waals surface area contributed by atoms with Crippen LogP contribution < -0.4 is 21.7 Å². The highest BCUT2D eigenvalue weighted by Gasteiger charge is 2.31. The number of benzene rings is 2. The number of halogens is 2. The summed E-state index contributed by atoms with van der Waals surface area (Å²) in [5.41, 5.74) is 15.3. The zero-order valence-electron chi connectivity index (χ0n) is 21.2. The van der Waals surface area contributed by atoms with Crippen LogP contribution in [0.3, 0.4) is 0 Å². The second-order valence-corrected chi connectivity index (χ2v) is 10.7. The molecule has 1 unspecified atom stereocenters. The van der Waals surface area contributed by atoms with Gasteiger partial charge in [0.25, 0.3) is 0 Å². The van der Waals surface area contributed by atoms with Gasteiger partial charge in [-0.3, -0.25) is 9.59 Å². The fraction of sp³-hybridized carbons (Fsp3) is 0.481. The van der Waals surface area contributed by atoms with E-state index in [9.17, 15) is 9.59 Å². The van der Waals surface area contributed by atoms with Gasteiger partial charge in [0.1, 0.15) is 6.04 Å². The van der Waals surface area contributed by atoms with Crippen molar-refractivity contribution < 1.29 is 9.59 Å². The second-order valence-electron chi connectivity index (χ2n) is 9.90. The van der Waals surface area contributed by atoms with E-state index in [1.165, 1.54) is 0 Å². The molecule has 3 atom stereocenters. The fourth-order valence-electron chi connectivity index (χ4n) is 4.52. The number of nitrogens with one attached hydrogen (secondary N) is 1. The van der Waals surface area contributed by atoms with E-state index < -0.39 is 12.1 Å². The number of piperazine rings is 1. The summed E-state index contributed by atoms with van der Waals surface area (Å²) in [4.78, 5) is 30.0. The molecule has 196 valence electrons. The third kappa shape index (κ3) is 7.35. The summed E-state index contributed by atoms with van der Waals surface area (Å²) in [6, 6.07) is 11.8. The summed E-state index contributed by atoms with van der Waals surface area (Å²) in [7, 11) is 0. The number of para-hydroxylation sites is 1. The van der Waals surface area contributed by atoms with Gasteiger partial charge in [-0.25, -0.2) is 0 Å². The lowest BCUT2D eigenvalue weighted by Gasteiger charge is -2.39. The monoisotopic (exact) mass is 533 g/mol. The molecular weight excluding hydrogens is 497 g/mol. The van der Waals surface area contributed by atoms with Gasteiger partial charge < -0.3 is 26.6 Å². The standard InChI is InChI=1S/C27H37Cl2N5O2/c1-17(2)14-23(31)21-6-4-5-7-25(21)33-10-12-34(13-11-33)27(36)24(32-26(35)18(3)30)15-19-8-9-20(28)16-22(19)29/h4-9,16-18,23-24H,10-15,30-31H2,1-3H3,(H,32,35)/t18-,23?,24+/m0/s1. The van der Waals surface area contributed by atoms with Crippen molar-refractivity contribution in [3.05, 3.63) is 63.6 Å². The van der Waals surface area contributed by atoms with Gasteiger partial charge in [-0.2, -0.15) is 0 Å². The van der Waals surface area contributed by atoms with Crippen LogP contribution in [0.2, 0.25) is 10.0 Å². The molecule has 0 spiro atoms. The molecule has 2 aromatic carbocycles. The van der Waals surface area contributed by atoms with Gasteiger partial charge in [-0.15, -0.1) is 0 Å². The number of nitrogens with two attached hydrogens (primary N) is 2. The molecule has 0 radical (unpaired) electrons. The first-order valence-electron chi connectivity index (χ1n) is 12.4. The van der Waals surface area contributed by atoms with Crippen molar-refractivity contribution in [2.24, 2.45) is 17.4 Å². The Hall–Kier alpha value is -2.32. The van der Waals surface area contributed by atoms with Crippen LogP contribution in [0.4, 0.5) is 5.69 Å². The van der Waals surface area contributed by atoms with E-state index in [1.54, 1.807) is 30.0 Å². The molecule has 5 N–H and O–H groups in total. The van der Waals surface area contributed by atoms with Crippen molar-refractivity contribution >= 4 is 40.7 Å². The van der Waals surface area contributed by atoms with Gasteiger partial charge in [0.05, 0.1) is 6.04 Å². The predicted octanol–water partition coefficient (Wildman–Crippen LogP) is 3.76. The fourth-order valence-corrected chi connectivity index (χ4v) is 5.01. The topological polar surface area (TPSA) is 105 Å². The van der Waals surface area contributed by atoms with Crippen molar-refractivity contribution in [1.29, 1.82) is 0 Å². The van der Waals surface area contributed by atoms with E-state index in [2.05, 4.69) is 36.2 Å². The molecule has 3 rings (SSSR count). The van der Waals surface area contributed by atoms with Crippen LogP contribution in [0.25, 0.3) is 0 Å². The Morgan fingerprint density at radius 3 is 2.28 bits per heavy atom. The Labute approximate surface area is 224 Å². The number of nitrogens with zero attached hydrogens (tertiary/aromatic N) is 2. The van der Waals surface area contributed by atoms with E-state index in [0.29, 0.717) is 42.1 Å². The summed E-state index contributed by atoms with van der Waals surface area (Å²) in [6.45, 7) is 8.35. The SMILES string of the molecule is CC(C)CC(N)c1ccccc1N1CCN(C(=O)[C@@H](Cc2ccc(Cl)cc2Cl)NC(=O)[C@H](C)N)CC1. The minimum absolute atomic E-state index is 0.0390. The van der Waals surface area contributed by atoms with Crippen LogP contribution in [0, 0.1) is 5.92 Å². The van der Waals surface area contributed by atoms with Crippen molar-refractivity contribution in [1.82, 2.24) is 10.2 Å². The minimum atomic E-state index is -0.777. The average Bonchev–Trinajstić information content (AvgIpc) is 2.84. The van der Waals surface area contributed by atoms with Gasteiger partial charge in [0.2, 0.25) is 11.8 Å². The summed E-state index contributed by atoms with van der Waals surface area (Å²) in [5.74, 6) is -0.0374. The zero-order chi connectivity index (χ0) is 26.4. The van der Waals surface area contributed by atoms with Gasteiger partial charge in [-0.1, -0.05) is 61.3 Å². The highest BCUT2D eigenvalue weighted by atomic mass is 35.5. The number of rotatable bonds is 9. The Kier molecular flexibility index (Phi) is 10.0. The van der Waals surface area contributed by atoms with E-state index in [4.69, 9.17) is 34.7 Å². The molecule has 2 aromatic rings. The van der Waals surface area contributed by atoms with Crippen LogP contribution in [0.1, 0.15) is 44.4 Å². The Balaban J connectivity index is 1.72. The number of carbonyl (C=O) groups excluding carboxylic acids is 2. The molecule has 2 amide bonds. The normalized spacial score (nSPS) is 16.6. The van der Waals surface area contributed by atoms with Crippen LogP contribution in [0.15, 0.2) is 42.5 Å². The lowest BCUT2D eigenvalue weighted by molar-refractivity contribution is -0.136. The zero-order valence-corrected chi connectivity index (χ0v) is 22.7. The third-order valence-electron chi connectivity index (χ3n) is 6.46. The molecule has 1 aliphatic heterocycles. The molecule has 7 nitrogen and oxygen atoms in total. The maximum Gasteiger partial charge on any atom is 0.245 e. The van der Waals surface area contributed by atoms with Crippen molar-refractivity contribution in [2.45, 2.75) is 51.7 Å². The first-order valence-corrected chi connectivity index (χ1v) is 13.2. The molecule has 0 aliphatic carbocycles. The minimum Gasteiger partial charge on any atom is -0.368 e. The Morgan fingerprint density at radius 1 is 1.00 bits per heavy atom. The molecular formula is C27H37Cl2N5O2. The van der Waals surface area contributed by atoms with E-state index >= 15 is 0 Å². The van der Waals surface area contributed by atoms with Gasteiger partial charge in [-0.05, 0) is 48.6 Å². The molecule has 1 heterocycles. The molecule has 9 heteroatoms. The number of amides is 2. The Bertz CT molecular complexity index is 1050. The van der Waals surface area contributed by atoms with Crippen molar-refractivity contribution in [2.75, 3.05) is 31.1 Å². The van der Waals surface area contributed by atoms with Crippen molar-refractivity contribution in [3.63, 3.8) is 0 Å². The summed E-state index contributed by atoms with van der Waals surface area (Å²) >= 11 is 12.4. The predicted molar refractivity (Wildman–Crippen MR) is 147 cm³/mol. The van der Waals surface area contributed by atoms with Gasteiger partial charge in [0, 0.05) is 54.4 Å². The largest absolute Gasteiger partial charge is 0.368 e. The quantitative estimate of drug-likeness (QED) is 0.455. The third-order valence-corrected chi connectivity index (χ3v) is 7.05. The highest BCUT2D eigenvalue weighted by molar-refractivity contribution is 6.35. The maximum atomic E-state index is 13.5. The molecule has 1 saturated heterocycles. The first kappa shape index (κ1) is 28.3. The summed E-state index contributed by atoms with van der Waals surface area (Å²) < 4.78 is 0. The lowest BCUT2D eigenvalue weighted by Crippen LogP contribution is -2.57. The molecule has 1 aliphatic rings.